The summed E-state index contributed by atoms with van der Waals surface area (Å²) in [5.41, 5.74) is 0.253. The van der Waals surface area contributed by atoms with Gasteiger partial charge in [-0.2, -0.15) is 0 Å². The molecule has 19 heavy (non-hydrogen) atoms. The number of amides is 1. The van der Waals surface area contributed by atoms with E-state index in [1.165, 1.54) is 10.6 Å². The molecule has 1 aromatic rings. The van der Waals surface area contributed by atoms with Gasteiger partial charge >= 0.3 is 0 Å². The van der Waals surface area contributed by atoms with Crippen molar-refractivity contribution < 1.29 is 4.79 Å². The maximum Gasteiger partial charge on any atom is 0.251 e. The van der Waals surface area contributed by atoms with E-state index in [1.807, 2.05) is 0 Å². The average molecular weight is 263 g/mol. The highest BCUT2D eigenvalue weighted by atomic mass is 16.2. The average Bonchev–Trinajstić information content (AvgIpc) is 2.37. The molecule has 1 fully saturated rings. The topological polar surface area (TPSA) is 63.1 Å². The molecule has 2 heterocycles. The van der Waals surface area contributed by atoms with Crippen molar-refractivity contribution in [2.45, 2.75) is 32.4 Å². The third kappa shape index (κ3) is 3.04. The first kappa shape index (κ1) is 13.8. The van der Waals surface area contributed by atoms with Gasteiger partial charge in [-0.1, -0.05) is 6.92 Å². The van der Waals surface area contributed by atoms with Gasteiger partial charge in [0.1, 0.15) is 0 Å². The van der Waals surface area contributed by atoms with Crippen molar-refractivity contribution in [2.75, 3.05) is 6.54 Å². The van der Waals surface area contributed by atoms with Gasteiger partial charge in [0.15, 0.2) is 0 Å². The first-order valence-electron chi connectivity index (χ1n) is 6.70. The lowest BCUT2D eigenvalue weighted by Gasteiger charge is -2.36. The summed E-state index contributed by atoms with van der Waals surface area (Å²) < 4.78 is 1.45. The van der Waals surface area contributed by atoms with Crippen molar-refractivity contribution in [1.29, 1.82) is 0 Å². The highest BCUT2D eigenvalue weighted by Gasteiger charge is 2.28. The Balaban J connectivity index is 2.11. The van der Waals surface area contributed by atoms with Gasteiger partial charge in [-0.15, -0.1) is 0 Å². The lowest BCUT2D eigenvalue weighted by molar-refractivity contribution is 0.0897. The highest BCUT2D eigenvalue weighted by Crippen LogP contribution is 2.16. The van der Waals surface area contributed by atoms with Gasteiger partial charge in [-0.25, -0.2) is 0 Å². The fourth-order valence-corrected chi connectivity index (χ4v) is 2.53. The molecule has 5 nitrogen and oxygen atoms in total. The van der Waals surface area contributed by atoms with Crippen LogP contribution in [0.4, 0.5) is 0 Å². The minimum atomic E-state index is -0.176. The molecule has 1 aromatic heterocycles. The second-order valence-corrected chi connectivity index (χ2v) is 5.37. The van der Waals surface area contributed by atoms with Crippen LogP contribution in [0, 0.1) is 5.92 Å². The fourth-order valence-electron chi connectivity index (χ4n) is 2.53. The summed E-state index contributed by atoms with van der Waals surface area (Å²) in [7, 11) is 1.67. The van der Waals surface area contributed by atoms with Gasteiger partial charge in [0, 0.05) is 37.0 Å². The summed E-state index contributed by atoms with van der Waals surface area (Å²) in [5.74, 6) is 0.261. The Hall–Kier alpha value is -1.62. The Morgan fingerprint density at radius 2 is 2.21 bits per heavy atom. The van der Waals surface area contributed by atoms with Crippen molar-refractivity contribution in [3.05, 3.63) is 34.2 Å². The molecule has 2 rings (SSSR count). The van der Waals surface area contributed by atoms with E-state index < -0.39 is 0 Å². The van der Waals surface area contributed by atoms with Crippen LogP contribution in [0.25, 0.3) is 0 Å². The fraction of sp³-hybridized carbons (Fsp3) is 0.571. The molecule has 0 spiro atoms. The van der Waals surface area contributed by atoms with E-state index in [1.54, 1.807) is 19.3 Å². The van der Waals surface area contributed by atoms with Crippen LogP contribution >= 0.6 is 0 Å². The molecule has 0 saturated carbocycles. The minimum absolute atomic E-state index is 0.102. The standard InChI is InChI=1S/C14H21N3O2/c1-9-4-6-15-10(2)13(9)16-14(19)11-5-7-17(3)12(18)8-11/h5,7-10,13,15H,4,6H2,1-3H3,(H,16,19). The van der Waals surface area contributed by atoms with E-state index in [4.69, 9.17) is 0 Å². The summed E-state index contributed by atoms with van der Waals surface area (Å²) in [6, 6.07) is 3.40. The van der Waals surface area contributed by atoms with Crippen LogP contribution in [-0.2, 0) is 7.05 Å². The monoisotopic (exact) mass is 263 g/mol. The second-order valence-electron chi connectivity index (χ2n) is 5.37. The van der Waals surface area contributed by atoms with Crippen molar-refractivity contribution in [3.8, 4) is 0 Å². The van der Waals surface area contributed by atoms with Crippen LogP contribution in [0.15, 0.2) is 23.1 Å². The molecule has 0 aliphatic carbocycles. The normalized spacial score (nSPS) is 27.0. The maximum atomic E-state index is 12.2. The molecule has 1 amide bonds. The Morgan fingerprint density at radius 1 is 1.47 bits per heavy atom. The molecule has 1 aliphatic rings. The predicted octanol–water partition coefficient (Wildman–Crippen LogP) is 0.502. The van der Waals surface area contributed by atoms with E-state index in [0.29, 0.717) is 11.5 Å². The zero-order chi connectivity index (χ0) is 14.0. The van der Waals surface area contributed by atoms with Gasteiger partial charge in [0.25, 0.3) is 11.5 Å². The van der Waals surface area contributed by atoms with E-state index >= 15 is 0 Å². The van der Waals surface area contributed by atoms with E-state index in [2.05, 4.69) is 24.5 Å². The number of rotatable bonds is 2. The Bertz CT molecular complexity index is 514. The third-order valence-electron chi connectivity index (χ3n) is 3.88. The summed E-state index contributed by atoms with van der Waals surface area (Å²) in [4.78, 5) is 23.7. The van der Waals surface area contributed by atoms with Gasteiger partial charge in [-0.05, 0) is 31.9 Å². The number of piperidine rings is 1. The first-order chi connectivity index (χ1) is 8.99. The predicted molar refractivity (Wildman–Crippen MR) is 74.2 cm³/mol. The van der Waals surface area contributed by atoms with Crippen LogP contribution in [0.3, 0.4) is 0 Å². The van der Waals surface area contributed by atoms with Gasteiger partial charge < -0.3 is 15.2 Å². The number of pyridine rings is 1. The van der Waals surface area contributed by atoms with Crippen molar-refractivity contribution in [1.82, 2.24) is 15.2 Å². The summed E-state index contributed by atoms with van der Waals surface area (Å²) in [6.45, 7) is 5.21. The molecule has 5 heteroatoms. The highest BCUT2D eigenvalue weighted by molar-refractivity contribution is 5.94. The molecule has 1 aliphatic heterocycles. The number of aryl methyl sites for hydroxylation is 1. The summed E-state index contributed by atoms with van der Waals surface area (Å²) in [6.07, 6.45) is 2.66. The summed E-state index contributed by atoms with van der Waals surface area (Å²) in [5, 5.41) is 6.39. The van der Waals surface area contributed by atoms with Gasteiger partial charge in [0.2, 0.25) is 0 Å². The summed E-state index contributed by atoms with van der Waals surface area (Å²) >= 11 is 0. The molecule has 1 saturated heterocycles. The molecule has 104 valence electrons. The molecule has 0 aromatic carbocycles. The number of hydrogen-bond acceptors (Lipinski definition) is 3. The number of nitrogens with zero attached hydrogens (tertiary/aromatic N) is 1. The molecular weight excluding hydrogens is 242 g/mol. The molecule has 0 radical (unpaired) electrons. The van der Waals surface area contributed by atoms with Gasteiger partial charge in [-0.3, -0.25) is 9.59 Å². The van der Waals surface area contributed by atoms with Gasteiger partial charge in [0.05, 0.1) is 0 Å². The molecule has 3 unspecified atom stereocenters. The van der Waals surface area contributed by atoms with Crippen LogP contribution in [0.2, 0.25) is 0 Å². The molecule has 2 N–H and O–H groups in total. The minimum Gasteiger partial charge on any atom is -0.347 e. The Kier molecular flexibility index (Phi) is 4.04. The lowest BCUT2D eigenvalue weighted by Crippen LogP contribution is -2.56. The second kappa shape index (κ2) is 5.57. The Labute approximate surface area is 113 Å². The zero-order valence-corrected chi connectivity index (χ0v) is 11.6. The van der Waals surface area contributed by atoms with Crippen LogP contribution in [0.5, 0.6) is 0 Å². The Morgan fingerprint density at radius 3 is 2.84 bits per heavy atom. The molecule has 0 bridgehead atoms. The third-order valence-corrected chi connectivity index (χ3v) is 3.88. The molecule has 3 atom stereocenters. The quantitative estimate of drug-likeness (QED) is 0.817. The molecular formula is C14H21N3O2. The van der Waals surface area contributed by atoms with Crippen LogP contribution in [0.1, 0.15) is 30.6 Å². The van der Waals surface area contributed by atoms with Crippen LogP contribution < -0.4 is 16.2 Å². The van der Waals surface area contributed by atoms with Crippen molar-refractivity contribution >= 4 is 5.91 Å². The van der Waals surface area contributed by atoms with Crippen molar-refractivity contribution in [3.63, 3.8) is 0 Å². The van der Waals surface area contributed by atoms with E-state index in [9.17, 15) is 9.59 Å². The maximum absolute atomic E-state index is 12.2. The first-order valence-corrected chi connectivity index (χ1v) is 6.70. The van der Waals surface area contributed by atoms with Crippen LogP contribution in [-0.4, -0.2) is 29.1 Å². The number of carbonyl (C=O) groups is 1. The van der Waals surface area contributed by atoms with E-state index in [0.717, 1.165) is 13.0 Å². The number of aromatic nitrogens is 1. The number of hydrogen-bond donors (Lipinski definition) is 2. The number of nitrogens with one attached hydrogen (secondary N) is 2. The van der Waals surface area contributed by atoms with Crippen molar-refractivity contribution in [2.24, 2.45) is 13.0 Å². The number of carbonyl (C=O) groups excluding carboxylic acids is 1. The largest absolute Gasteiger partial charge is 0.347 e. The smallest absolute Gasteiger partial charge is 0.251 e. The van der Waals surface area contributed by atoms with E-state index in [-0.39, 0.29) is 23.6 Å². The lowest BCUT2D eigenvalue weighted by atomic mass is 9.89. The zero-order valence-electron chi connectivity index (χ0n) is 11.6. The SMILES string of the molecule is CC1CCNC(C)C1NC(=O)c1ccn(C)c(=O)c1.